The average Bonchev–Trinajstić information content (AvgIpc) is 2.90. The van der Waals surface area contributed by atoms with Gasteiger partial charge in [-0.2, -0.15) is 0 Å². The number of hydrogen-bond donors (Lipinski definition) is 3. The highest BCUT2D eigenvalue weighted by atomic mass is 16.7. The lowest BCUT2D eigenvalue weighted by molar-refractivity contribution is -0.255. The molecule has 16 heteroatoms. The Kier molecular flexibility index (Phi) is 10.2. The Morgan fingerprint density at radius 3 is 2.38 bits per heavy atom. The van der Waals surface area contributed by atoms with E-state index in [9.17, 15) is 15.0 Å². The average molecular weight is 517 g/mol. The van der Waals surface area contributed by atoms with E-state index in [0.717, 1.165) is 5.56 Å². The molecule has 2 aliphatic rings. The van der Waals surface area contributed by atoms with Crippen LogP contribution in [0.5, 0.6) is 0 Å². The predicted molar refractivity (Wildman–Crippen MR) is 127 cm³/mol. The molecule has 1 heterocycles. The van der Waals surface area contributed by atoms with Gasteiger partial charge < -0.3 is 29.7 Å². The maximum Gasteiger partial charge on any atom is 0.407 e. The molecule has 3 rings (SSSR count). The van der Waals surface area contributed by atoms with Gasteiger partial charge in [0, 0.05) is 14.7 Å². The van der Waals surface area contributed by atoms with Crippen LogP contribution in [0.1, 0.15) is 31.7 Å². The summed E-state index contributed by atoms with van der Waals surface area (Å²) in [5, 5.41) is 34.5. The number of benzene rings is 1. The molecular weight excluding hydrogens is 488 g/mol. The molecule has 1 saturated heterocycles. The summed E-state index contributed by atoms with van der Waals surface area (Å²) in [4.78, 5) is 20.5. The van der Waals surface area contributed by atoms with Crippen LogP contribution in [0.25, 0.3) is 31.3 Å². The minimum absolute atomic E-state index is 0.0788. The largest absolute Gasteiger partial charge is 0.445 e. The quantitative estimate of drug-likeness (QED) is 0.252. The van der Waals surface area contributed by atoms with Crippen LogP contribution >= 0.6 is 0 Å². The Morgan fingerprint density at radius 2 is 1.70 bits per heavy atom. The van der Waals surface area contributed by atoms with Crippen LogP contribution in [0.2, 0.25) is 0 Å². The Hall–Kier alpha value is -3.74. The summed E-state index contributed by atoms with van der Waals surface area (Å²) in [6.07, 6.45) is -6.03. The van der Waals surface area contributed by atoms with Gasteiger partial charge in [-0.25, -0.2) is 4.79 Å². The van der Waals surface area contributed by atoms with Crippen LogP contribution < -0.4 is 5.32 Å². The molecule has 9 atom stereocenters. The lowest BCUT2D eigenvalue weighted by Gasteiger charge is -2.43. The second-order valence-electron chi connectivity index (χ2n) is 8.75. The monoisotopic (exact) mass is 516 g/mol. The van der Waals surface area contributed by atoms with Crippen molar-refractivity contribution < 1.29 is 29.2 Å². The van der Waals surface area contributed by atoms with Gasteiger partial charge in [-0.05, 0) is 48.3 Å². The maximum absolute atomic E-state index is 12.3. The SMILES string of the molecule is CC(NC(=O)OCc1ccccc1)C1CCC(N=[N+]=[N-])C(OC2C(N=[N+]=[N-])CC(N=[N+]=[N-])C(O)C2O)O1. The molecule has 198 valence electrons. The van der Waals surface area contributed by atoms with Gasteiger partial charge in [0.1, 0.15) is 12.7 Å². The second-order valence-corrected chi connectivity index (χ2v) is 8.75. The Bertz CT molecular complexity index is 1060. The molecule has 1 aliphatic carbocycles. The molecule has 37 heavy (non-hydrogen) atoms. The zero-order valence-electron chi connectivity index (χ0n) is 20.0. The fraction of sp³-hybridized carbons (Fsp3) is 0.667. The normalized spacial score (nSPS) is 32.0. The van der Waals surface area contributed by atoms with E-state index in [-0.39, 0.29) is 13.0 Å². The van der Waals surface area contributed by atoms with Crippen molar-refractivity contribution in [3.05, 3.63) is 67.2 Å². The first kappa shape index (κ1) is 27.8. The van der Waals surface area contributed by atoms with Gasteiger partial charge in [-0.15, -0.1) is 0 Å². The number of rotatable bonds is 9. The fourth-order valence-electron chi connectivity index (χ4n) is 4.37. The van der Waals surface area contributed by atoms with Gasteiger partial charge in [0.2, 0.25) is 0 Å². The highest BCUT2D eigenvalue weighted by Gasteiger charge is 2.46. The van der Waals surface area contributed by atoms with E-state index in [2.05, 4.69) is 35.4 Å². The summed E-state index contributed by atoms with van der Waals surface area (Å²) < 4.78 is 17.2. The summed E-state index contributed by atoms with van der Waals surface area (Å²) in [5.41, 5.74) is 27.5. The second kappa shape index (κ2) is 13.5. The molecule has 1 amide bonds. The lowest BCUT2D eigenvalue weighted by Crippen LogP contribution is -2.58. The van der Waals surface area contributed by atoms with E-state index in [1.807, 2.05) is 30.3 Å². The van der Waals surface area contributed by atoms with E-state index >= 15 is 0 Å². The molecule has 1 saturated carbocycles. The van der Waals surface area contributed by atoms with E-state index in [4.69, 9.17) is 30.8 Å². The fourth-order valence-corrected chi connectivity index (χ4v) is 4.37. The number of carbonyl (C=O) groups is 1. The molecule has 16 nitrogen and oxygen atoms in total. The molecular formula is C21H28N10O6. The molecule has 0 radical (unpaired) electrons. The number of nitrogens with zero attached hydrogens (tertiary/aromatic N) is 9. The molecule has 0 bridgehead atoms. The third-order valence-electron chi connectivity index (χ3n) is 6.32. The molecule has 1 aliphatic heterocycles. The summed E-state index contributed by atoms with van der Waals surface area (Å²) in [5.74, 6) is 0. The number of alkyl carbamates (subject to hydrolysis) is 1. The number of aliphatic hydroxyl groups is 2. The number of ether oxygens (including phenoxy) is 3. The summed E-state index contributed by atoms with van der Waals surface area (Å²) in [6, 6.07) is 5.83. The highest BCUT2D eigenvalue weighted by molar-refractivity contribution is 5.67. The number of amides is 1. The Morgan fingerprint density at radius 1 is 1.05 bits per heavy atom. The van der Waals surface area contributed by atoms with Crippen molar-refractivity contribution in [1.82, 2.24) is 5.32 Å². The first-order chi connectivity index (χ1) is 17.9. The number of aliphatic hydroxyl groups excluding tert-OH is 2. The van der Waals surface area contributed by atoms with Crippen LogP contribution in [-0.2, 0) is 20.8 Å². The first-order valence-electron chi connectivity index (χ1n) is 11.6. The van der Waals surface area contributed by atoms with Gasteiger partial charge in [0.05, 0.1) is 42.5 Å². The van der Waals surface area contributed by atoms with Gasteiger partial charge in [0.15, 0.2) is 6.29 Å². The van der Waals surface area contributed by atoms with Gasteiger partial charge in [-0.3, -0.25) is 0 Å². The van der Waals surface area contributed by atoms with Crippen LogP contribution in [0, 0.1) is 0 Å². The minimum Gasteiger partial charge on any atom is -0.445 e. The van der Waals surface area contributed by atoms with Crippen molar-refractivity contribution in [3.8, 4) is 0 Å². The van der Waals surface area contributed by atoms with Crippen molar-refractivity contribution >= 4 is 6.09 Å². The molecule has 1 aromatic rings. The molecule has 9 unspecified atom stereocenters. The van der Waals surface area contributed by atoms with Crippen LogP contribution in [0.15, 0.2) is 45.7 Å². The predicted octanol–water partition coefficient (Wildman–Crippen LogP) is 3.35. The van der Waals surface area contributed by atoms with Gasteiger partial charge >= 0.3 is 6.09 Å². The van der Waals surface area contributed by atoms with Crippen molar-refractivity contribution in [1.29, 1.82) is 0 Å². The van der Waals surface area contributed by atoms with E-state index in [0.29, 0.717) is 12.8 Å². The lowest BCUT2D eigenvalue weighted by atomic mass is 9.84. The first-order valence-corrected chi connectivity index (χ1v) is 11.6. The molecule has 1 aromatic carbocycles. The zero-order chi connectivity index (χ0) is 26.8. The van der Waals surface area contributed by atoms with Crippen LogP contribution in [0.4, 0.5) is 4.79 Å². The van der Waals surface area contributed by atoms with Gasteiger partial charge in [0.25, 0.3) is 0 Å². The zero-order valence-corrected chi connectivity index (χ0v) is 20.0. The van der Waals surface area contributed by atoms with Crippen LogP contribution in [-0.4, -0.2) is 71.2 Å². The van der Waals surface area contributed by atoms with E-state index in [1.165, 1.54) is 0 Å². The highest BCUT2D eigenvalue weighted by Crippen LogP contribution is 2.32. The summed E-state index contributed by atoms with van der Waals surface area (Å²) in [7, 11) is 0. The van der Waals surface area contributed by atoms with Crippen LogP contribution in [0.3, 0.4) is 0 Å². The minimum atomic E-state index is -1.58. The summed E-state index contributed by atoms with van der Waals surface area (Å²) in [6.45, 7) is 1.81. The number of azide groups is 3. The number of hydrogen-bond acceptors (Lipinski definition) is 9. The summed E-state index contributed by atoms with van der Waals surface area (Å²) >= 11 is 0. The Labute approximate surface area is 211 Å². The Balaban J connectivity index is 1.67. The smallest absolute Gasteiger partial charge is 0.407 e. The van der Waals surface area contributed by atoms with Crippen molar-refractivity contribution in [2.45, 2.75) is 87.7 Å². The maximum atomic E-state index is 12.3. The van der Waals surface area contributed by atoms with Crippen molar-refractivity contribution in [2.24, 2.45) is 15.3 Å². The van der Waals surface area contributed by atoms with E-state index < -0.39 is 61.0 Å². The third kappa shape index (κ3) is 7.38. The molecule has 3 N–H and O–H groups in total. The van der Waals surface area contributed by atoms with Crippen molar-refractivity contribution in [2.75, 3.05) is 0 Å². The number of nitrogens with one attached hydrogen (secondary N) is 1. The third-order valence-corrected chi connectivity index (χ3v) is 6.32. The van der Waals surface area contributed by atoms with E-state index in [1.54, 1.807) is 6.92 Å². The molecule has 0 spiro atoms. The standard InChI is InChI=1S/C21H28N10O6/c1-11(25-21(34)35-10-12-5-3-2-4-6-12)16-8-7-13(26-29-22)20(36-16)37-19-15(28-31-24)9-14(27-30-23)17(32)18(19)33/h2-6,11,13-20,32-33H,7-10H2,1H3,(H,25,34). The van der Waals surface area contributed by atoms with Crippen molar-refractivity contribution in [3.63, 3.8) is 0 Å². The molecule has 2 fully saturated rings. The number of carbonyl (C=O) groups excluding carboxylic acids is 1. The topological polar surface area (TPSA) is 244 Å². The molecule has 0 aromatic heterocycles. The van der Waals surface area contributed by atoms with Gasteiger partial charge in [-0.1, -0.05) is 45.7 Å².